The average Bonchev–Trinajstić information content (AvgIpc) is 2.45. The molecule has 7 heteroatoms. The van der Waals surface area contributed by atoms with E-state index in [4.69, 9.17) is 0 Å². The van der Waals surface area contributed by atoms with Crippen LogP contribution < -0.4 is 10.2 Å². The lowest BCUT2D eigenvalue weighted by Gasteiger charge is -2.30. The predicted molar refractivity (Wildman–Crippen MR) is 71.8 cm³/mol. The number of hydrogen-bond donors (Lipinski definition) is 1. The third-order valence-corrected chi connectivity index (χ3v) is 3.41. The highest BCUT2D eigenvalue weighted by Gasteiger charge is 2.35. The van der Waals surface area contributed by atoms with Gasteiger partial charge in [-0.1, -0.05) is 0 Å². The molecule has 0 aliphatic carbocycles. The molecule has 1 saturated heterocycles. The van der Waals surface area contributed by atoms with E-state index in [9.17, 15) is 13.2 Å². The normalized spacial score (nSPS) is 17.2. The Morgan fingerprint density at radius 1 is 1.35 bits per heavy atom. The molecule has 0 spiro atoms. The van der Waals surface area contributed by atoms with Gasteiger partial charge >= 0.3 is 6.18 Å². The first-order valence-corrected chi connectivity index (χ1v) is 6.65. The standard InChI is InChI=1S/C13H19F3N4/c1-19(9-10-20-7-5-17-6-8-20)12-11(13(14,15)16)3-2-4-18-12/h2-4,17H,5-10H2,1H3. The molecule has 1 aromatic heterocycles. The molecule has 1 fully saturated rings. The number of piperazine rings is 1. The number of hydrogen-bond acceptors (Lipinski definition) is 4. The number of nitrogens with zero attached hydrogens (tertiary/aromatic N) is 3. The maximum Gasteiger partial charge on any atom is 0.419 e. The number of anilines is 1. The first-order chi connectivity index (χ1) is 9.48. The molecule has 1 aliphatic heterocycles. The zero-order valence-electron chi connectivity index (χ0n) is 11.5. The number of rotatable bonds is 4. The van der Waals surface area contributed by atoms with E-state index in [-0.39, 0.29) is 5.82 Å². The van der Waals surface area contributed by atoms with Crippen molar-refractivity contribution in [1.29, 1.82) is 0 Å². The van der Waals surface area contributed by atoms with E-state index in [0.717, 1.165) is 38.8 Å². The molecular weight excluding hydrogens is 269 g/mol. The minimum Gasteiger partial charge on any atom is -0.358 e. The van der Waals surface area contributed by atoms with Gasteiger partial charge in [-0.15, -0.1) is 0 Å². The van der Waals surface area contributed by atoms with Crippen LogP contribution in [0, 0.1) is 0 Å². The summed E-state index contributed by atoms with van der Waals surface area (Å²) in [5.74, 6) is -0.00451. The Hall–Kier alpha value is -1.34. The van der Waals surface area contributed by atoms with Crippen molar-refractivity contribution < 1.29 is 13.2 Å². The zero-order valence-corrected chi connectivity index (χ0v) is 11.5. The van der Waals surface area contributed by atoms with Gasteiger partial charge in [-0.3, -0.25) is 4.90 Å². The van der Waals surface area contributed by atoms with E-state index in [0.29, 0.717) is 6.54 Å². The third kappa shape index (κ3) is 3.83. The van der Waals surface area contributed by atoms with Gasteiger partial charge in [0.1, 0.15) is 5.82 Å². The number of likely N-dealkylation sites (N-methyl/N-ethyl adjacent to an activating group) is 1. The van der Waals surface area contributed by atoms with Crippen molar-refractivity contribution in [1.82, 2.24) is 15.2 Å². The van der Waals surface area contributed by atoms with Crippen LogP contribution in [0.15, 0.2) is 18.3 Å². The van der Waals surface area contributed by atoms with Gasteiger partial charge in [-0.2, -0.15) is 13.2 Å². The van der Waals surface area contributed by atoms with Crippen molar-refractivity contribution in [3.05, 3.63) is 23.9 Å². The van der Waals surface area contributed by atoms with Crippen LogP contribution in [0.25, 0.3) is 0 Å². The molecule has 112 valence electrons. The number of aromatic nitrogens is 1. The Kier molecular flexibility index (Phi) is 4.82. The van der Waals surface area contributed by atoms with Crippen molar-refractivity contribution >= 4 is 5.82 Å². The number of halogens is 3. The molecule has 0 aromatic carbocycles. The second-order valence-corrected chi connectivity index (χ2v) is 4.89. The SMILES string of the molecule is CN(CCN1CCNCC1)c1ncccc1C(F)(F)F. The lowest BCUT2D eigenvalue weighted by molar-refractivity contribution is -0.137. The Morgan fingerprint density at radius 3 is 2.70 bits per heavy atom. The van der Waals surface area contributed by atoms with Gasteiger partial charge in [0.15, 0.2) is 0 Å². The summed E-state index contributed by atoms with van der Waals surface area (Å²) in [5.41, 5.74) is -0.678. The first kappa shape index (κ1) is 15.1. The summed E-state index contributed by atoms with van der Waals surface area (Å²) in [4.78, 5) is 7.70. The minimum atomic E-state index is -4.37. The van der Waals surface area contributed by atoms with E-state index < -0.39 is 11.7 Å². The quantitative estimate of drug-likeness (QED) is 0.908. The van der Waals surface area contributed by atoms with E-state index in [1.807, 2.05) is 0 Å². The molecule has 0 amide bonds. The number of nitrogens with one attached hydrogen (secondary N) is 1. The van der Waals surface area contributed by atoms with Gasteiger partial charge in [0.25, 0.3) is 0 Å². The molecule has 4 nitrogen and oxygen atoms in total. The summed E-state index contributed by atoms with van der Waals surface area (Å²) in [6.45, 7) is 5.00. The number of alkyl halides is 3. The molecule has 2 rings (SSSR count). The Labute approximate surface area is 116 Å². The molecule has 1 aliphatic rings. The summed E-state index contributed by atoms with van der Waals surface area (Å²) in [5, 5.41) is 3.25. The van der Waals surface area contributed by atoms with Crippen LogP contribution in [0.1, 0.15) is 5.56 Å². The smallest absolute Gasteiger partial charge is 0.358 e. The van der Waals surface area contributed by atoms with Gasteiger partial charge in [0.05, 0.1) is 5.56 Å². The van der Waals surface area contributed by atoms with E-state index in [1.165, 1.54) is 12.3 Å². The Balaban J connectivity index is 2.00. The highest BCUT2D eigenvalue weighted by molar-refractivity contribution is 5.47. The molecule has 1 aromatic rings. The van der Waals surface area contributed by atoms with Crippen molar-refractivity contribution in [2.24, 2.45) is 0 Å². The first-order valence-electron chi connectivity index (χ1n) is 6.65. The summed E-state index contributed by atoms with van der Waals surface area (Å²) in [7, 11) is 1.65. The third-order valence-electron chi connectivity index (χ3n) is 3.41. The van der Waals surface area contributed by atoms with Crippen LogP contribution in [0.3, 0.4) is 0 Å². The Bertz CT molecular complexity index is 430. The molecule has 2 heterocycles. The summed E-state index contributed by atoms with van der Waals surface area (Å²) >= 11 is 0. The van der Waals surface area contributed by atoms with E-state index in [2.05, 4.69) is 15.2 Å². The minimum absolute atomic E-state index is 0.00451. The summed E-state index contributed by atoms with van der Waals surface area (Å²) in [6.07, 6.45) is -2.97. The van der Waals surface area contributed by atoms with Crippen molar-refractivity contribution in [3.8, 4) is 0 Å². The topological polar surface area (TPSA) is 31.4 Å². The highest BCUT2D eigenvalue weighted by Crippen LogP contribution is 2.34. The fourth-order valence-corrected chi connectivity index (χ4v) is 2.25. The molecular formula is C13H19F3N4. The van der Waals surface area contributed by atoms with Gasteiger partial charge in [-0.25, -0.2) is 4.98 Å². The lowest BCUT2D eigenvalue weighted by atomic mass is 10.2. The summed E-state index contributed by atoms with van der Waals surface area (Å²) in [6, 6.07) is 2.39. The van der Waals surface area contributed by atoms with Crippen molar-refractivity contribution in [2.45, 2.75) is 6.18 Å². The fraction of sp³-hybridized carbons (Fsp3) is 0.615. The monoisotopic (exact) mass is 288 g/mol. The second kappa shape index (κ2) is 6.41. The van der Waals surface area contributed by atoms with Crippen molar-refractivity contribution in [3.63, 3.8) is 0 Å². The number of pyridine rings is 1. The van der Waals surface area contributed by atoms with Crippen LogP contribution >= 0.6 is 0 Å². The van der Waals surface area contributed by atoms with Crippen LogP contribution in [0.2, 0.25) is 0 Å². The predicted octanol–water partition coefficient (Wildman–Crippen LogP) is 1.44. The van der Waals surface area contributed by atoms with E-state index in [1.54, 1.807) is 11.9 Å². The van der Waals surface area contributed by atoms with Crippen LogP contribution in [-0.4, -0.2) is 56.2 Å². The maximum absolute atomic E-state index is 12.9. The molecule has 0 unspecified atom stereocenters. The fourth-order valence-electron chi connectivity index (χ4n) is 2.25. The Morgan fingerprint density at radius 2 is 2.05 bits per heavy atom. The van der Waals surface area contributed by atoms with E-state index >= 15 is 0 Å². The maximum atomic E-state index is 12.9. The van der Waals surface area contributed by atoms with Crippen LogP contribution in [-0.2, 0) is 6.18 Å². The average molecular weight is 288 g/mol. The lowest BCUT2D eigenvalue weighted by Crippen LogP contribution is -2.46. The molecule has 0 atom stereocenters. The van der Waals surface area contributed by atoms with Gasteiger partial charge in [0.2, 0.25) is 0 Å². The van der Waals surface area contributed by atoms with Gasteiger partial charge in [0, 0.05) is 52.5 Å². The molecule has 0 saturated carbocycles. The molecule has 0 bridgehead atoms. The summed E-state index contributed by atoms with van der Waals surface area (Å²) < 4.78 is 38.8. The molecule has 20 heavy (non-hydrogen) atoms. The second-order valence-electron chi connectivity index (χ2n) is 4.89. The van der Waals surface area contributed by atoms with Crippen LogP contribution in [0.5, 0.6) is 0 Å². The zero-order chi connectivity index (χ0) is 14.6. The van der Waals surface area contributed by atoms with Gasteiger partial charge in [-0.05, 0) is 12.1 Å². The molecule has 0 radical (unpaired) electrons. The van der Waals surface area contributed by atoms with Crippen molar-refractivity contribution in [2.75, 3.05) is 51.2 Å². The largest absolute Gasteiger partial charge is 0.419 e. The highest BCUT2D eigenvalue weighted by atomic mass is 19.4. The van der Waals surface area contributed by atoms with Gasteiger partial charge < -0.3 is 10.2 Å². The van der Waals surface area contributed by atoms with Crippen LogP contribution in [0.4, 0.5) is 19.0 Å². The molecule has 1 N–H and O–H groups in total.